The fourth-order valence-corrected chi connectivity index (χ4v) is 4.32. The molecule has 1 aromatic heterocycles. The van der Waals surface area contributed by atoms with Gasteiger partial charge in [0.25, 0.3) is 0 Å². The predicted molar refractivity (Wildman–Crippen MR) is 118 cm³/mol. The molecule has 0 aliphatic carbocycles. The minimum atomic E-state index is -0.139. The molecule has 3 heterocycles. The molecule has 0 unspecified atom stereocenters. The van der Waals surface area contributed by atoms with Gasteiger partial charge in [0.15, 0.2) is 5.76 Å². The first kappa shape index (κ1) is 19.3. The number of carbonyl (C=O) groups is 1. The summed E-state index contributed by atoms with van der Waals surface area (Å²) in [6.45, 7) is 4.45. The third kappa shape index (κ3) is 3.40. The van der Waals surface area contributed by atoms with Gasteiger partial charge in [0.1, 0.15) is 11.5 Å². The molecule has 154 valence electrons. The SMILES string of the molecule is COc1ccc2c(c1CN1CCNCC1)O/C(=C\c1n[nH]c3ccc(Br)cc13)C2=O. The normalized spacial score (nSPS) is 18.1. The second-order valence-electron chi connectivity index (χ2n) is 7.39. The van der Waals surface area contributed by atoms with Crippen molar-refractivity contribution in [2.75, 3.05) is 33.3 Å². The van der Waals surface area contributed by atoms with E-state index in [-0.39, 0.29) is 11.5 Å². The Bertz CT molecular complexity index is 1160. The van der Waals surface area contributed by atoms with E-state index in [1.165, 1.54) is 0 Å². The van der Waals surface area contributed by atoms with Crippen LogP contribution in [0.3, 0.4) is 0 Å². The van der Waals surface area contributed by atoms with E-state index < -0.39 is 0 Å². The standard InChI is InChI=1S/C22H21BrN4O3/c1-29-19-5-3-14-21(28)20(11-18-15-10-13(23)2-4-17(15)25-26-18)30-22(14)16(19)12-27-8-6-24-7-9-27/h2-5,10-11,24H,6-9,12H2,1H3,(H,25,26)/b20-11-. The lowest BCUT2D eigenvalue weighted by molar-refractivity contribution is 0.101. The topological polar surface area (TPSA) is 79.5 Å². The molecule has 2 N–H and O–H groups in total. The number of nitrogens with one attached hydrogen (secondary N) is 2. The van der Waals surface area contributed by atoms with Crippen molar-refractivity contribution < 1.29 is 14.3 Å². The Morgan fingerprint density at radius 2 is 2.10 bits per heavy atom. The molecule has 2 aromatic carbocycles. The molecule has 30 heavy (non-hydrogen) atoms. The van der Waals surface area contributed by atoms with Crippen LogP contribution in [0.25, 0.3) is 17.0 Å². The molecule has 0 amide bonds. The molecular weight excluding hydrogens is 448 g/mol. The van der Waals surface area contributed by atoms with Gasteiger partial charge in [0.05, 0.1) is 29.4 Å². The van der Waals surface area contributed by atoms with E-state index in [9.17, 15) is 4.79 Å². The number of carbonyl (C=O) groups excluding carboxylic acids is 1. The summed E-state index contributed by atoms with van der Waals surface area (Å²) in [6, 6.07) is 9.48. The molecule has 0 spiro atoms. The van der Waals surface area contributed by atoms with E-state index in [0.29, 0.717) is 23.6 Å². The number of H-pyrrole nitrogens is 1. The molecular formula is C22H21BrN4O3. The average molecular weight is 469 g/mol. The summed E-state index contributed by atoms with van der Waals surface area (Å²) in [4.78, 5) is 15.4. The fraction of sp³-hybridized carbons (Fsp3) is 0.273. The number of hydrogen-bond acceptors (Lipinski definition) is 6. The Hall–Kier alpha value is -2.68. The molecule has 5 rings (SSSR count). The minimum Gasteiger partial charge on any atom is -0.496 e. The number of piperazine rings is 1. The van der Waals surface area contributed by atoms with Crippen molar-refractivity contribution in [1.82, 2.24) is 20.4 Å². The second-order valence-corrected chi connectivity index (χ2v) is 8.30. The lowest BCUT2D eigenvalue weighted by Crippen LogP contribution is -2.43. The smallest absolute Gasteiger partial charge is 0.232 e. The molecule has 0 saturated carbocycles. The van der Waals surface area contributed by atoms with Crippen LogP contribution < -0.4 is 14.8 Å². The van der Waals surface area contributed by atoms with E-state index in [1.807, 2.05) is 24.3 Å². The van der Waals surface area contributed by atoms with Crippen LogP contribution in [0.15, 0.2) is 40.6 Å². The zero-order valence-electron chi connectivity index (χ0n) is 16.5. The largest absolute Gasteiger partial charge is 0.496 e. The molecule has 3 aromatic rings. The van der Waals surface area contributed by atoms with Gasteiger partial charge < -0.3 is 14.8 Å². The maximum absolute atomic E-state index is 13.1. The van der Waals surface area contributed by atoms with E-state index in [1.54, 1.807) is 19.3 Å². The minimum absolute atomic E-state index is 0.139. The number of nitrogens with zero attached hydrogens (tertiary/aromatic N) is 2. The summed E-state index contributed by atoms with van der Waals surface area (Å²) >= 11 is 3.49. The maximum atomic E-state index is 13.1. The number of benzene rings is 2. The van der Waals surface area contributed by atoms with Gasteiger partial charge in [-0.3, -0.25) is 14.8 Å². The van der Waals surface area contributed by atoms with E-state index in [4.69, 9.17) is 9.47 Å². The number of halogens is 1. The fourth-order valence-electron chi connectivity index (χ4n) is 3.96. The van der Waals surface area contributed by atoms with E-state index in [0.717, 1.165) is 52.9 Å². The van der Waals surface area contributed by atoms with Gasteiger partial charge in [-0.1, -0.05) is 15.9 Å². The Morgan fingerprint density at radius 3 is 2.90 bits per heavy atom. The Kier molecular flexibility index (Phi) is 5.06. The van der Waals surface area contributed by atoms with Crippen LogP contribution in [0.1, 0.15) is 21.6 Å². The number of ether oxygens (including phenoxy) is 2. The first-order valence-electron chi connectivity index (χ1n) is 9.85. The van der Waals surface area contributed by atoms with Gasteiger partial charge in [-0.15, -0.1) is 0 Å². The van der Waals surface area contributed by atoms with Crippen LogP contribution in [0.5, 0.6) is 11.5 Å². The average Bonchev–Trinajstić information content (AvgIpc) is 3.30. The molecule has 0 radical (unpaired) electrons. The van der Waals surface area contributed by atoms with Crippen LogP contribution in [0.4, 0.5) is 0 Å². The zero-order valence-corrected chi connectivity index (χ0v) is 18.1. The van der Waals surface area contributed by atoms with Crippen molar-refractivity contribution in [3.8, 4) is 11.5 Å². The molecule has 0 atom stereocenters. The number of aromatic nitrogens is 2. The number of aromatic amines is 1. The summed E-state index contributed by atoms with van der Waals surface area (Å²) in [6.07, 6.45) is 1.70. The van der Waals surface area contributed by atoms with Crippen molar-refractivity contribution in [2.45, 2.75) is 6.54 Å². The third-order valence-electron chi connectivity index (χ3n) is 5.53. The third-order valence-corrected chi connectivity index (χ3v) is 6.02. The van der Waals surface area contributed by atoms with Crippen molar-refractivity contribution in [3.63, 3.8) is 0 Å². The van der Waals surface area contributed by atoms with Gasteiger partial charge in [-0.25, -0.2) is 0 Å². The van der Waals surface area contributed by atoms with Gasteiger partial charge in [-0.2, -0.15) is 5.10 Å². The summed E-state index contributed by atoms with van der Waals surface area (Å²) in [5.41, 5.74) is 3.03. The highest BCUT2D eigenvalue weighted by Crippen LogP contribution is 2.40. The van der Waals surface area contributed by atoms with Gasteiger partial charge in [0, 0.05) is 48.7 Å². The molecule has 0 bridgehead atoms. The first-order chi connectivity index (χ1) is 14.6. The number of allylic oxidation sites excluding steroid dienone is 1. The molecule has 2 aliphatic rings. The van der Waals surface area contributed by atoms with Crippen molar-refractivity contribution in [2.24, 2.45) is 0 Å². The number of hydrogen-bond donors (Lipinski definition) is 2. The number of fused-ring (bicyclic) bond motifs is 2. The van der Waals surface area contributed by atoms with Crippen molar-refractivity contribution in [1.29, 1.82) is 0 Å². The molecule has 1 saturated heterocycles. The molecule has 2 aliphatic heterocycles. The van der Waals surface area contributed by atoms with Crippen molar-refractivity contribution >= 4 is 38.7 Å². The van der Waals surface area contributed by atoms with Crippen LogP contribution in [-0.2, 0) is 6.54 Å². The van der Waals surface area contributed by atoms with E-state index >= 15 is 0 Å². The Balaban J connectivity index is 1.52. The lowest BCUT2D eigenvalue weighted by Gasteiger charge is -2.28. The quantitative estimate of drug-likeness (QED) is 0.571. The number of rotatable bonds is 4. The van der Waals surface area contributed by atoms with Crippen LogP contribution in [0, 0.1) is 0 Å². The van der Waals surface area contributed by atoms with Gasteiger partial charge in [-0.05, 0) is 30.3 Å². The highest BCUT2D eigenvalue weighted by molar-refractivity contribution is 9.10. The predicted octanol–water partition coefficient (Wildman–Crippen LogP) is 3.36. The van der Waals surface area contributed by atoms with Crippen LogP contribution in [-0.4, -0.2) is 54.2 Å². The molecule has 8 heteroatoms. The second kappa shape index (κ2) is 7.86. The van der Waals surface area contributed by atoms with Crippen LogP contribution >= 0.6 is 15.9 Å². The van der Waals surface area contributed by atoms with E-state index in [2.05, 4.69) is 36.3 Å². The van der Waals surface area contributed by atoms with Gasteiger partial charge >= 0.3 is 0 Å². The van der Waals surface area contributed by atoms with Gasteiger partial charge in [0.2, 0.25) is 5.78 Å². The van der Waals surface area contributed by atoms with Crippen molar-refractivity contribution in [3.05, 3.63) is 57.4 Å². The first-order valence-corrected chi connectivity index (χ1v) is 10.6. The summed E-state index contributed by atoms with van der Waals surface area (Å²) in [5, 5.41) is 11.6. The van der Waals surface area contributed by atoms with Crippen LogP contribution in [0.2, 0.25) is 0 Å². The number of ketones is 1. The highest BCUT2D eigenvalue weighted by atomic mass is 79.9. The monoisotopic (exact) mass is 468 g/mol. The lowest BCUT2D eigenvalue weighted by atomic mass is 10.0. The zero-order chi connectivity index (χ0) is 20.7. The summed E-state index contributed by atoms with van der Waals surface area (Å²) in [5.74, 6) is 1.45. The Morgan fingerprint density at radius 1 is 1.27 bits per heavy atom. The number of Topliss-reactive ketones (excluding diaryl/α,β-unsaturated/α-hetero) is 1. The maximum Gasteiger partial charge on any atom is 0.232 e. The summed E-state index contributed by atoms with van der Waals surface area (Å²) < 4.78 is 12.6. The molecule has 1 fully saturated rings. The number of methoxy groups -OCH3 is 1. The Labute approximate surface area is 182 Å². The molecule has 7 nitrogen and oxygen atoms in total. The highest BCUT2D eigenvalue weighted by Gasteiger charge is 2.32. The summed E-state index contributed by atoms with van der Waals surface area (Å²) in [7, 11) is 1.64.